The summed E-state index contributed by atoms with van der Waals surface area (Å²) >= 11 is 0. The molecule has 0 N–H and O–H groups in total. The molecule has 224 valence electrons. The highest BCUT2D eigenvalue weighted by molar-refractivity contribution is 5.87. The van der Waals surface area contributed by atoms with Gasteiger partial charge >= 0.3 is 23.9 Å². The predicted molar refractivity (Wildman–Crippen MR) is 150 cm³/mol. The van der Waals surface area contributed by atoms with Crippen LogP contribution in [0.3, 0.4) is 0 Å². The summed E-state index contributed by atoms with van der Waals surface area (Å²) in [5.41, 5.74) is -2.27. The summed E-state index contributed by atoms with van der Waals surface area (Å²) in [5, 5.41) is 0. The van der Waals surface area contributed by atoms with Crippen molar-refractivity contribution in [3.05, 3.63) is 24.3 Å². The zero-order valence-electron chi connectivity index (χ0n) is 25.8. The molecule has 4 saturated carbocycles. The number of ether oxygens (including phenoxy) is 4. The third kappa shape index (κ3) is 7.76. The quantitative estimate of drug-likeness (QED) is 0.162. The topological polar surface area (TPSA) is 105 Å². The Morgan fingerprint density at radius 2 is 0.950 bits per heavy atom. The Labute approximate surface area is 239 Å². The highest BCUT2D eigenvalue weighted by Gasteiger charge is 2.68. The second-order valence-corrected chi connectivity index (χ2v) is 15.4. The van der Waals surface area contributed by atoms with Crippen LogP contribution >= 0.6 is 0 Å². The highest BCUT2D eigenvalue weighted by atomic mass is 16.6. The van der Waals surface area contributed by atoms with Gasteiger partial charge in [0.05, 0.1) is 26.1 Å². The first kappa shape index (κ1) is 31.9. The summed E-state index contributed by atoms with van der Waals surface area (Å²) < 4.78 is 23.2. The van der Waals surface area contributed by atoms with Gasteiger partial charge in [-0.05, 0) is 56.8 Å². The van der Waals surface area contributed by atoms with E-state index < -0.39 is 34.0 Å². The molecule has 4 aliphatic rings. The first-order valence-corrected chi connectivity index (χ1v) is 14.2. The maximum absolute atomic E-state index is 13.3. The average Bonchev–Trinajstić information content (AvgIpc) is 2.71. The van der Waals surface area contributed by atoms with E-state index in [0.29, 0.717) is 17.6 Å². The van der Waals surface area contributed by atoms with Gasteiger partial charge in [0, 0.05) is 28.4 Å². The second kappa shape index (κ2) is 10.6. The van der Waals surface area contributed by atoms with E-state index in [9.17, 15) is 19.2 Å². The van der Waals surface area contributed by atoms with Crippen LogP contribution in [-0.2, 0) is 38.1 Å². The van der Waals surface area contributed by atoms with Crippen LogP contribution < -0.4 is 0 Å². The molecule has 0 unspecified atom stereocenters. The molecule has 0 aromatic carbocycles. The zero-order valence-corrected chi connectivity index (χ0v) is 25.8. The average molecular weight is 561 g/mol. The number of rotatable bonds is 12. The molecule has 40 heavy (non-hydrogen) atoms. The van der Waals surface area contributed by atoms with Gasteiger partial charge in [0.2, 0.25) is 0 Å². The number of hydrogen-bond acceptors (Lipinski definition) is 8. The van der Waals surface area contributed by atoms with Crippen LogP contribution in [0.5, 0.6) is 0 Å². The normalized spacial score (nSPS) is 30.8. The van der Waals surface area contributed by atoms with Gasteiger partial charge in [-0.3, -0.25) is 9.59 Å². The summed E-state index contributed by atoms with van der Waals surface area (Å²) in [7, 11) is 0. The van der Waals surface area contributed by atoms with Gasteiger partial charge in [-0.1, -0.05) is 54.7 Å². The third-order valence-electron chi connectivity index (χ3n) is 8.29. The lowest BCUT2D eigenvalue weighted by Crippen LogP contribution is -2.67. The maximum atomic E-state index is 13.3. The molecule has 4 fully saturated rings. The van der Waals surface area contributed by atoms with E-state index in [1.165, 1.54) is 0 Å². The molecule has 4 aliphatic carbocycles. The van der Waals surface area contributed by atoms with Crippen LogP contribution in [0.4, 0.5) is 0 Å². The molecule has 4 rings (SSSR count). The smallest absolute Gasteiger partial charge is 0.333 e. The van der Waals surface area contributed by atoms with Gasteiger partial charge in [0.1, 0.15) is 11.2 Å². The lowest BCUT2D eigenvalue weighted by atomic mass is 9.42. The summed E-state index contributed by atoms with van der Waals surface area (Å²) in [5.74, 6) is -1.64. The largest absolute Gasteiger partial charge is 0.462 e. The number of hydrogen-bond donors (Lipinski definition) is 0. The Balaban J connectivity index is 1.70. The van der Waals surface area contributed by atoms with Gasteiger partial charge in [-0.25, -0.2) is 9.59 Å². The van der Waals surface area contributed by atoms with Crippen molar-refractivity contribution in [2.24, 2.45) is 21.7 Å². The summed E-state index contributed by atoms with van der Waals surface area (Å²) in [4.78, 5) is 50.3. The Morgan fingerprint density at radius 1 is 0.625 bits per heavy atom. The highest BCUT2D eigenvalue weighted by Crippen LogP contribution is 2.69. The van der Waals surface area contributed by atoms with Crippen molar-refractivity contribution >= 4 is 23.9 Å². The van der Waals surface area contributed by atoms with E-state index in [2.05, 4.69) is 27.0 Å². The van der Waals surface area contributed by atoms with E-state index in [1.807, 2.05) is 27.7 Å². The predicted octanol–water partition coefficient (Wildman–Crippen LogP) is 6.02. The minimum absolute atomic E-state index is 0.0786. The fourth-order valence-corrected chi connectivity index (χ4v) is 7.90. The van der Waals surface area contributed by atoms with Crippen molar-refractivity contribution in [2.75, 3.05) is 13.2 Å². The molecule has 0 aliphatic heterocycles. The van der Waals surface area contributed by atoms with Crippen LogP contribution in [0.2, 0.25) is 0 Å². The van der Waals surface area contributed by atoms with Crippen LogP contribution in [0.1, 0.15) is 107 Å². The van der Waals surface area contributed by atoms with Crippen LogP contribution in [-0.4, -0.2) is 48.3 Å². The lowest BCUT2D eigenvalue weighted by Gasteiger charge is -2.67. The first-order chi connectivity index (χ1) is 18.1. The van der Waals surface area contributed by atoms with Crippen LogP contribution in [0.15, 0.2) is 24.3 Å². The maximum Gasteiger partial charge on any atom is 0.333 e. The molecular formula is C32H48O8. The fourth-order valence-electron chi connectivity index (χ4n) is 7.90. The van der Waals surface area contributed by atoms with E-state index in [4.69, 9.17) is 18.9 Å². The van der Waals surface area contributed by atoms with Crippen molar-refractivity contribution in [1.82, 2.24) is 0 Å². The minimum atomic E-state index is -0.716. The van der Waals surface area contributed by atoms with Gasteiger partial charge in [0.15, 0.2) is 0 Å². The molecule has 0 spiro atoms. The van der Waals surface area contributed by atoms with E-state index >= 15 is 0 Å². The van der Waals surface area contributed by atoms with Crippen molar-refractivity contribution in [1.29, 1.82) is 0 Å². The van der Waals surface area contributed by atoms with E-state index in [0.717, 1.165) is 32.1 Å². The standard InChI is InChI=1S/C32H48O8/c1-21(2)25(35)37-19-27(5,6)11-23(33)39-31-14-29(9)13-30(10,15-31)17-32(16-29,18-31)40-24(34)12-28(7,8)20-38-26(36)22(3)4/h1,3,11-20H2,2,4-10H3. The summed E-state index contributed by atoms with van der Waals surface area (Å²) in [6.45, 7) is 22.4. The molecule has 0 heterocycles. The van der Waals surface area contributed by atoms with Gasteiger partial charge in [-0.2, -0.15) is 0 Å². The Hall–Kier alpha value is -2.64. The summed E-state index contributed by atoms with van der Waals surface area (Å²) in [6, 6.07) is 0. The van der Waals surface area contributed by atoms with Crippen molar-refractivity contribution < 1.29 is 38.1 Å². The molecule has 0 radical (unpaired) electrons. The molecule has 0 amide bonds. The third-order valence-corrected chi connectivity index (χ3v) is 8.29. The SMILES string of the molecule is C=C(C)C(=O)OCC(C)(C)CC(=O)OC12CC3(C)CC(C)(C1)CC(OC(=O)CC(C)(C)COC(=O)C(=C)C)(C3)C2. The Bertz CT molecular complexity index is 998. The van der Waals surface area contributed by atoms with Crippen molar-refractivity contribution in [3.63, 3.8) is 0 Å². The molecule has 0 saturated heterocycles. The van der Waals surface area contributed by atoms with Crippen LogP contribution in [0.25, 0.3) is 0 Å². The molecule has 0 aromatic rings. The van der Waals surface area contributed by atoms with Crippen LogP contribution in [0, 0.1) is 21.7 Å². The molecule has 8 heteroatoms. The van der Waals surface area contributed by atoms with Gasteiger partial charge in [0.25, 0.3) is 0 Å². The van der Waals surface area contributed by atoms with E-state index in [1.54, 1.807) is 13.8 Å². The molecule has 4 bridgehead atoms. The molecule has 8 nitrogen and oxygen atoms in total. The molecule has 0 aromatic heterocycles. The minimum Gasteiger partial charge on any atom is -0.462 e. The second-order valence-electron chi connectivity index (χ2n) is 15.4. The van der Waals surface area contributed by atoms with Crippen molar-refractivity contribution in [2.45, 2.75) is 118 Å². The molecular weight excluding hydrogens is 512 g/mol. The number of carbonyl (C=O) groups excluding carboxylic acids is 4. The van der Waals surface area contributed by atoms with E-state index in [-0.39, 0.29) is 48.8 Å². The van der Waals surface area contributed by atoms with Gasteiger partial charge < -0.3 is 18.9 Å². The monoisotopic (exact) mass is 560 g/mol. The fraction of sp³-hybridized carbons (Fsp3) is 0.750. The summed E-state index contributed by atoms with van der Waals surface area (Å²) in [6.07, 6.45) is 4.57. The van der Waals surface area contributed by atoms with Crippen molar-refractivity contribution in [3.8, 4) is 0 Å². The lowest BCUT2D eigenvalue weighted by molar-refractivity contribution is -0.268. The number of carbonyl (C=O) groups is 4. The Morgan fingerprint density at radius 3 is 1.25 bits per heavy atom. The molecule has 0 atom stereocenters. The number of esters is 4. The Kier molecular flexibility index (Phi) is 8.48. The zero-order chi connectivity index (χ0) is 30.4. The first-order valence-electron chi connectivity index (χ1n) is 14.2. The van der Waals surface area contributed by atoms with Gasteiger partial charge in [-0.15, -0.1) is 0 Å².